The molecule has 3 N–H and O–H groups in total. The summed E-state index contributed by atoms with van der Waals surface area (Å²) < 4.78 is 14.4. The van der Waals surface area contributed by atoms with Gasteiger partial charge in [-0.05, 0) is 29.8 Å². The first kappa shape index (κ1) is 18.4. The van der Waals surface area contributed by atoms with E-state index in [1.807, 2.05) is 6.07 Å². The van der Waals surface area contributed by atoms with E-state index in [1.165, 1.54) is 17.5 Å². The molecule has 1 aromatic heterocycles. The third-order valence-electron chi connectivity index (χ3n) is 3.85. The summed E-state index contributed by atoms with van der Waals surface area (Å²) in [6, 6.07) is 10.9. The minimum Gasteiger partial charge on any atom is -0.507 e. The van der Waals surface area contributed by atoms with Gasteiger partial charge in [-0.2, -0.15) is 5.26 Å². The number of phenolic OH excluding ortho intramolecular Hbond substituents is 1. The lowest BCUT2D eigenvalue weighted by atomic mass is 10.1. The lowest BCUT2D eigenvalue weighted by Crippen LogP contribution is -2.23. The number of nitrogens with zero attached hydrogens (tertiary/aromatic N) is 2. The van der Waals surface area contributed by atoms with Crippen molar-refractivity contribution in [1.82, 2.24) is 10.3 Å². The highest BCUT2D eigenvalue weighted by molar-refractivity contribution is 7.18. The second kappa shape index (κ2) is 7.85. The van der Waals surface area contributed by atoms with Gasteiger partial charge in [0, 0.05) is 25.4 Å². The number of nitrogens with one attached hydrogen (secondary N) is 2. The molecule has 0 aliphatic rings. The van der Waals surface area contributed by atoms with Crippen LogP contribution < -0.4 is 10.6 Å². The number of phenols is 1. The Hall–Kier alpha value is -3.44. The molecule has 0 unspecified atom stereocenters. The topological polar surface area (TPSA) is 98.0 Å². The Morgan fingerprint density at radius 1 is 1.33 bits per heavy atom. The second-order valence-corrected chi connectivity index (χ2v) is 6.65. The largest absolute Gasteiger partial charge is 0.507 e. The second-order valence-electron chi connectivity index (χ2n) is 5.62. The molecule has 0 spiro atoms. The van der Waals surface area contributed by atoms with Gasteiger partial charge in [0.2, 0.25) is 0 Å². The number of thiazole rings is 1. The van der Waals surface area contributed by atoms with E-state index in [0.29, 0.717) is 15.6 Å². The van der Waals surface area contributed by atoms with Crippen molar-refractivity contribution in [3.05, 3.63) is 65.1 Å². The molecule has 0 bridgehead atoms. The van der Waals surface area contributed by atoms with Crippen LogP contribution in [0.5, 0.6) is 5.75 Å². The van der Waals surface area contributed by atoms with Crippen molar-refractivity contribution in [3.8, 4) is 22.3 Å². The Balaban J connectivity index is 1.76. The van der Waals surface area contributed by atoms with Crippen LogP contribution >= 0.6 is 11.3 Å². The number of carbonyl (C=O) groups excluding carboxylic acids is 1. The first-order chi connectivity index (χ1) is 13.0. The highest BCUT2D eigenvalue weighted by atomic mass is 32.1. The van der Waals surface area contributed by atoms with Crippen LogP contribution in [0.2, 0.25) is 0 Å². The Labute approximate surface area is 158 Å². The number of carbonyl (C=O) groups is 1. The van der Waals surface area contributed by atoms with Gasteiger partial charge in [-0.25, -0.2) is 9.37 Å². The Bertz CT molecular complexity index is 1030. The molecule has 6 nitrogen and oxygen atoms in total. The normalized spacial score (nSPS) is 10.3. The van der Waals surface area contributed by atoms with Crippen LogP contribution in [0.25, 0.3) is 10.4 Å². The third kappa shape index (κ3) is 4.04. The molecule has 0 saturated carbocycles. The third-order valence-corrected chi connectivity index (χ3v) is 4.90. The molecule has 1 amide bonds. The number of rotatable bonds is 5. The molecule has 1 heterocycles. The monoisotopic (exact) mass is 382 g/mol. The average molecular weight is 382 g/mol. The fourth-order valence-corrected chi connectivity index (χ4v) is 3.22. The predicted molar refractivity (Wildman–Crippen MR) is 101 cm³/mol. The van der Waals surface area contributed by atoms with E-state index < -0.39 is 11.7 Å². The maximum absolute atomic E-state index is 14.4. The molecule has 0 fully saturated rings. The van der Waals surface area contributed by atoms with Gasteiger partial charge in [-0.15, -0.1) is 0 Å². The summed E-state index contributed by atoms with van der Waals surface area (Å²) in [4.78, 5) is 17.0. The zero-order chi connectivity index (χ0) is 19.4. The lowest BCUT2D eigenvalue weighted by Gasteiger charge is -2.09. The maximum atomic E-state index is 14.4. The molecule has 8 heteroatoms. The minimum absolute atomic E-state index is 0.173. The molecule has 3 aromatic rings. The van der Waals surface area contributed by atoms with Crippen molar-refractivity contribution in [2.24, 2.45) is 0 Å². The molecule has 0 aliphatic carbocycles. The van der Waals surface area contributed by atoms with Crippen LogP contribution in [0.3, 0.4) is 0 Å². The Morgan fingerprint density at radius 2 is 2.07 bits per heavy atom. The summed E-state index contributed by atoms with van der Waals surface area (Å²) in [7, 11) is 1.71. The van der Waals surface area contributed by atoms with Crippen LogP contribution in [-0.2, 0) is 6.54 Å². The van der Waals surface area contributed by atoms with Gasteiger partial charge in [0.25, 0.3) is 5.91 Å². The van der Waals surface area contributed by atoms with Crippen molar-refractivity contribution >= 4 is 22.4 Å². The van der Waals surface area contributed by atoms with Gasteiger partial charge in [-0.3, -0.25) is 4.79 Å². The van der Waals surface area contributed by atoms with E-state index in [9.17, 15) is 14.3 Å². The number of nitriles is 1. The summed E-state index contributed by atoms with van der Waals surface area (Å²) in [5, 5.41) is 25.1. The summed E-state index contributed by atoms with van der Waals surface area (Å²) in [5.74, 6) is -1.58. The number of aromatic hydroxyl groups is 1. The van der Waals surface area contributed by atoms with Gasteiger partial charge in [0.1, 0.15) is 11.6 Å². The fourth-order valence-electron chi connectivity index (χ4n) is 2.42. The molecule has 2 aromatic carbocycles. The number of halogens is 1. The van der Waals surface area contributed by atoms with Crippen LogP contribution in [0.15, 0.2) is 42.6 Å². The highest BCUT2D eigenvalue weighted by Gasteiger charge is 2.18. The molecule has 0 saturated heterocycles. The van der Waals surface area contributed by atoms with Crippen molar-refractivity contribution in [3.63, 3.8) is 0 Å². The van der Waals surface area contributed by atoms with Crippen molar-refractivity contribution in [1.29, 1.82) is 5.26 Å². The smallest absolute Gasteiger partial charge is 0.254 e. The first-order valence-corrected chi connectivity index (χ1v) is 8.77. The summed E-state index contributed by atoms with van der Waals surface area (Å²) >= 11 is 1.26. The lowest BCUT2D eigenvalue weighted by molar-refractivity contribution is 0.0946. The van der Waals surface area contributed by atoms with Crippen molar-refractivity contribution in [2.75, 3.05) is 12.4 Å². The quantitative estimate of drug-likeness (QED) is 0.627. The van der Waals surface area contributed by atoms with E-state index >= 15 is 0 Å². The molecular formula is C19H15FN4O2S. The number of amides is 1. The number of hydrogen-bond donors (Lipinski definition) is 3. The SMILES string of the molecule is CNc1ncc(-c2cc(F)c(C(=O)NCc3ccc(C#N)cc3)cc2O)s1. The van der Waals surface area contributed by atoms with Gasteiger partial charge >= 0.3 is 0 Å². The molecule has 27 heavy (non-hydrogen) atoms. The standard InChI is InChI=1S/C19H15FN4O2S/c1-22-19-24-10-17(27-19)14-6-15(20)13(7-16(14)25)18(26)23-9-12-4-2-11(8-21)3-5-12/h2-7,10,25H,9H2,1H3,(H,22,24)(H,23,26). The van der Waals surface area contributed by atoms with Crippen LogP contribution in [0, 0.1) is 17.1 Å². The summed E-state index contributed by atoms with van der Waals surface area (Å²) in [5.41, 5.74) is 1.31. The van der Waals surface area contributed by atoms with E-state index in [1.54, 1.807) is 31.3 Å². The van der Waals surface area contributed by atoms with Gasteiger partial charge < -0.3 is 15.7 Å². The Morgan fingerprint density at radius 3 is 2.70 bits per heavy atom. The van der Waals surface area contributed by atoms with Crippen molar-refractivity contribution in [2.45, 2.75) is 6.54 Å². The molecule has 0 atom stereocenters. The highest BCUT2D eigenvalue weighted by Crippen LogP contribution is 2.36. The minimum atomic E-state index is -0.737. The maximum Gasteiger partial charge on any atom is 0.254 e. The predicted octanol–water partition coefficient (Wildman–Crippen LogP) is 3.50. The fraction of sp³-hybridized carbons (Fsp3) is 0.105. The zero-order valence-electron chi connectivity index (χ0n) is 14.3. The average Bonchev–Trinajstić information content (AvgIpc) is 3.17. The molecule has 0 aliphatic heterocycles. The zero-order valence-corrected chi connectivity index (χ0v) is 15.1. The number of aromatic nitrogens is 1. The van der Waals surface area contributed by atoms with Gasteiger partial charge in [0.15, 0.2) is 5.13 Å². The molecule has 3 rings (SSSR count). The van der Waals surface area contributed by atoms with E-state index in [0.717, 1.165) is 17.7 Å². The molecule has 0 radical (unpaired) electrons. The number of anilines is 1. The van der Waals surface area contributed by atoms with Crippen LogP contribution in [-0.4, -0.2) is 23.0 Å². The first-order valence-electron chi connectivity index (χ1n) is 7.95. The number of benzene rings is 2. The summed E-state index contributed by atoms with van der Waals surface area (Å²) in [6.45, 7) is 0.173. The van der Waals surface area contributed by atoms with E-state index in [4.69, 9.17) is 5.26 Å². The van der Waals surface area contributed by atoms with E-state index in [2.05, 4.69) is 15.6 Å². The summed E-state index contributed by atoms with van der Waals surface area (Å²) in [6.07, 6.45) is 1.52. The van der Waals surface area contributed by atoms with Crippen molar-refractivity contribution < 1.29 is 14.3 Å². The Kier molecular flexibility index (Phi) is 5.33. The van der Waals surface area contributed by atoms with Crippen LogP contribution in [0.4, 0.5) is 9.52 Å². The molecule has 136 valence electrons. The van der Waals surface area contributed by atoms with Gasteiger partial charge in [0.05, 0.1) is 22.1 Å². The van der Waals surface area contributed by atoms with E-state index in [-0.39, 0.29) is 23.4 Å². The number of hydrogen-bond acceptors (Lipinski definition) is 6. The van der Waals surface area contributed by atoms with Crippen LogP contribution in [0.1, 0.15) is 21.5 Å². The molecular weight excluding hydrogens is 367 g/mol. The van der Waals surface area contributed by atoms with Gasteiger partial charge in [-0.1, -0.05) is 23.5 Å².